The van der Waals surface area contributed by atoms with E-state index in [4.69, 9.17) is 5.73 Å². The fourth-order valence-corrected chi connectivity index (χ4v) is 0.465. The lowest BCUT2D eigenvalue weighted by Gasteiger charge is -1.87. The van der Waals surface area contributed by atoms with Gasteiger partial charge in [0.05, 0.1) is 0 Å². The molecule has 1 heterocycles. The van der Waals surface area contributed by atoms with Gasteiger partial charge in [-0.15, -0.1) is 12.4 Å². The second-order valence-electron chi connectivity index (χ2n) is 1.55. The Hall–Kier alpha value is -0.840. The van der Waals surface area contributed by atoms with Gasteiger partial charge in [0, 0.05) is 6.07 Å². The molecular weight excluding hydrogens is 164 g/mol. The largest absolute Gasteiger partial charge is 0.382 e. The van der Waals surface area contributed by atoms with E-state index in [9.17, 15) is 8.78 Å². The Morgan fingerprint density at radius 1 is 1.60 bits per heavy atom. The third-order valence-electron chi connectivity index (χ3n) is 0.853. The molecule has 0 aromatic carbocycles. The third-order valence-corrected chi connectivity index (χ3v) is 0.853. The van der Waals surface area contributed by atoms with Crippen LogP contribution >= 0.6 is 12.4 Å². The van der Waals surface area contributed by atoms with Crippen molar-refractivity contribution in [3.63, 3.8) is 0 Å². The van der Waals surface area contributed by atoms with Gasteiger partial charge < -0.3 is 5.73 Å². The van der Waals surface area contributed by atoms with E-state index >= 15 is 0 Å². The van der Waals surface area contributed by atoms with Crippen LogP contribution < -0.4 is 5.73 Å². The standard InChI is InChI=1S/C4H5F2N3.ClH/c5-4(6)2-1-3(7)9-8-2;/h1,4H,(H3,7,8,9);1H. The molecular formula is C4H6ClF2N3. The monoisotopic (exact) mass is 169 g/mol. The first-order valence-corrected chi connectivity index (χ1v) is 2.29. The summed E-state index contributed by atoms with van der Waals surface area (Å²) < 4.78 is 23.3. The van der Waals surface area contributed by atoms with Crippen LogP contribution in [0, 0.1) is 0 Å². The van der Waals surface area contributed by atoms with Gasteiger partial charge in [0.25, 0.3) is 6.43 Å². The highest BCUT2D eigenvalue weighted by Gasteiger charge is 2.08. The number of nitrogens with zero attached hydrogens (tertiary/aromatic N) is 1. The molecule has 6 heteroatoms. The van der Waals surface area contributed by atoms with Crippen LogP contribution in [0.2, 0.25) is 0 Å². The van der Waals surface area contributed by atoms with Crippen LogP contribution in [0.3, 0.4) is 0 Å². The lowest BCUT2D eigenvalue weighted by molar-refractivity contribution is 0.146. The van der Waals surface area contributed by atoms with Gasteiger partial charge in [-0.2, -0.15) is 5.10 Å². The van der Waals surface area contributed by atoms with Crippen molar-refractivity contribution in [3.8, 4) is 0 Å². The number of nitrogens with one attached hydrogen (secondary N) is 1. The van der Waals surface area contributed by atoms with Crippen LogP contribution in [0.4, 0.5) is 14.6 Å². The number of rotatable bonds is 1. The number of anilines is 1. The van der Waals surface area contributed by atoms with E-state index in [1.165, 1.54) is 0 Å². The Bertz CT molecular complexity index is 200. The summed E-state index contributed by atoms with van der Waals surface area (Å²) in [4.78, 5) is 0. The molecule has 0 unspecified atom stereocenters. The summed E-state index contributed by atoms with van der Waals surface area (Å²) in [6.07, 6.45) is -2.52. The molecule has 58 valence electrons. The minimum Gasteiger partial charge on any atom is -0.382 e. The van der Waals surface area contributed by atoms with E-state index in [-0.39, 0.29) is 23.9 Å². The van der Waals surface area contributed by atoms with Crippen LogP contribution in [0.5, 0.6) is 0 Å². The van der Waals surface area contributed by atoms with Crippen LogP contribution in [-0.2, 0) is 0 Å². The predicted molar refractivity (Wildman–Crippen MR) is 35.2 cm³/mol. The van der Waals surface area contributed by atoms with E-state index in [0.29, 0.717) is 0 Å². The molecule has 0 saturated heterocycles. The number of hydrogen-bond donors (Lipinski definition) is 2. The zero-order chi connectivity index (χ0) is 6.85. The molecule has 0 fully saturated rings. The first-order valence-electron chi connectivity index (χ1n) is 2.29. The van der Waals surface area contributed by atoms with E-state index in [0.717, 1.165) is 6.07 Å². The topological polar surface area (TPSA) is 54.7 Å². The smallest absolute Gasteiger partial charge is 0.279 e. The van der Waals surface area contributed by atoms with Crippen LogP contribution in [0.1, 0.15) is 12.1 Å². The zero-order valence-corrected chi connectivity index (χ0v) is 5.66. The summed E-state index contributed by atoms with van der Waals surface area (Å²) in [5, 5.41) is 5.39. The van der Waals surface area contributed by atoms with Gasteiger partial charge in [0.15, 0.2) is 0 Å². The zero-order valence-electron chi connectivity index (χ0n) is 4.84. The number of H-pyrrole nitrogens is 1. The van der Waals surface area contributed by atoms with Crippen molar-refractivity contribution in [2.75, 3.05) is 5.73 Å². The molecule has 0 saturated carbocycles. The van der Waals surface area contributed by atoms with Crippen molar-refractivity contribution in [2.45, 2.75) is 6.43 Å². The fraction of sp³-hybridized carbons (Fsp3) is 0.250. The lowest BCUT2D eigenvalue weighted by Crippen LogP contribution is -1.81. The number of nitrogens with two attached hydrogens (primary N) is 1. The van der Waals surface area contributed by atoms with Crippen molar-refractivity contribution >= 4 is 18.2 Å². The summed E-state index contributed by atoms with van der Waals surface area (Å²) in [7, 11) is 0. The first kappa shape index (κ1) is 9.16. The molecule has 0 radical (unpaired) electrons. The van der Waals surface area contributed by atoms with Gasteiger partial charge >= 0.3 is 0 Å². The molecule has 0 spiro atoms. The molecule has 0 bridgehead atoms. The summed E-state index contributed by atoms with van der Waals surface area (Å²) in [5.41, 5.74) is 4.80. The van der Waals surface area contributed by atoms with Gasteiger partial charge in [-0.3, -0.25) is 5.10 Å². The maximum Gasteiger partial charge on any atom is 0.279 e. The highest BCUT2D eigenvalue weighted by Crippen LogP contribution is 2.16. The van der Waals surface area contributed by atoms with Gasteiger partial charge in [0.2, 0.25) is 0 Å². The average Bonchev–Trinajstić information content (AvgIpc) is 2.14. The number of aromatic nitrogens is 2. The van der Waals surface area contributed by atoms with Crippen molar-refractivity contribution in [1.82, 2.24) is 10.2 Å². The van der Waals surface area contributed by atoms with Crippen LogP contribution in [0.15, 0.2) is 6.07 Å². The molecule has 0 amide bonds. The Labute approximate surface area is 62.0 Å². The first-order chi connectivity index (χ1) is 4.20. The average molecular weight is 170 g/mol. The van der Waals surface area contributed by atoms with Crippen molar-refractivity contribution in [1.29, 1.82) is 0 Å². The SMILES string of the molecule is Cl.Nc1cc(C(F)F)[nH]n1. The van der Waals surface area contributed by atoms with Gasteiger partial charge in [-0.1, -0.05) is 0 Å². The fourth-order valence-electron chi connectivity index (χ4n) is 0.465. The molecule has 10 heavy (non-hydrogen) atoms. The Balaban J connectivity index is 0.000000810. The molecule has 0 atom stereocenters. The minimum absolute atomic E-state index is 0. The maximum atomic E-state index is 11.7. The second-order valence-corrected chi connectivity index (χ2v) is 1.55. The quantitative estimate of drug-likeness (QED) is 0.667. The van der Waals surface area contributed by atoms with E-state index in [1.54, 1.807) is 0 Å². The normalized spacial score (nSPS) is 9.50. The highest BCUT2D eigenvalue weighted by molar-refractivity contribution is 5.85. The van der Waals surface area contributed by atoms with Crippen LogP contribution in [-0.4, -0.2) is 10.2 Å². The minimum atomic E-state index is -2.52. The second kappa shape index (κ2) is 3.36. The molecule has 1 rings (SSSR count). The molecule has 1 aromatic rings. The van der Waals surface area contributed by atoms with E-state index in [2.05, 4.69) is 10.2 Å². The third kappa shape index (κ3) is 1.84. The number of hydrogen-bond acceptors (Lipinski definition) is 2. The number of alkyl halides is 2. The maximum absolute atomic E-state index is 11.7. The van der Waals surface area contributed by atoms with Crippen molar-refractivity contribution < 1.29 is 8.78 Å². The Morgan fingerprint density at radius 3 is 2.40 bits per heavy atom. The molecule has 0 aliphatic rings. The molecule has 3 nitrogen and oxygen atoms in total. The van der Waals surface area contributed by atoms with Gasteiger partial charge in [-0.25, -0.2) is 8.78 Å². The number of aromatic amines is 1. The lowest BCUT2D eigenvalue weighted by atomic mass is 10.4. The summed E-state index contributed by atoms with van der Waals surface area (Å²) in [5.74, 6) is 0.0882. The summed E-state index contributed by atoms with van der Waals surface area (Å²) in [6.45, 7) is 0. The molecule has 3 N–H and O–H groups in total. The Kier molecular flexibility index (Phi) is 3.08. The summed E-state index contributed by atoms with van der Waals surface area (Å²) >= 11 is 0. The number of halogens is 3. The van der Waals surface area contributed by atoms with E-state index < -0.39 is 6.43 Å². The predicted octanol–water partition coefficient (Wildman–Crippen LogP) is 1.35. The molecule has 0 aliphatic heterocycles. The summed E-state index contributed by atoms with van der Waals surface area (Å²) in [6, 6.07) is 1.10. The van der Waals surface area contributed by atoms with Crippen LogP contribution in [0.25, 0.3) is 0 Å². The molecule has 0 aliphatic carbocycles. The van der Waals surface area contributed by atoms with Crippen molar-refractivity contribution in [2.24, 2.45) is 0 Å². The number of nitrogen functional groups attached to an aromatic ring is 1. The van der Waals surface area contributed by atoms with Gasteiger partial charge in [-0.05, 0) is 0 Å². The molecule has 1 aromatic heterocycles. The Morgan fingerprint density at radius 2 is 2.20 bits per heavy atom. The van der Waals surface area contributed by atoms with Gasteiger partial charge in [0.1, 0.15) is 11.5 Å². The van der Waals surface area contributed by atoms with E-state index in [1.807, 2.05) is 0 Å². The highest BCUT2D eigenvalue weighted by atomic mass is 35.5. The van der Waals surface area contributed by atoms with Crippen molar-refractivity contribution in [3.05, 3.63) is 11.8 Å².